The zero-order chi connectivity index (χ0) is 12.0. The summed E-state index contributed by atoms with van der Waals surface area (Å²) in [6, 6.07) is 0.338. The number of aromatic nitrogens is 2. The number of amidine groups is 1. The zero-order valence-electron chi connectivity index (χ0n) is 9.61. The van der Waals surface area contributed by atoms with Gasteiger partial charge in [0.25, 0.3) is 0 Å². The first-order chi connectivity index (χ1) is 8.20. The lowest BCUT2D eigenvalue weighted by Gasteiger charge is -2.29. The Morgan fingerprint density at radius 3 is 3.12 bits per heavy atom. The largest absolute Gasteiger partial charge is 0.357 e. The Labute approximate surface area is 108 Å². The minimum atomic E-state index is 0.338. The summed E-state index contributed by atoms with van der Waals surface area (Å²) in [6.07, 6.45) is 3.85. The van der Waals surface area contributed by atoms with Crippen LogP contribution in [0, 0.1) is 0 Å². The molecule has 0 bridgehead atoms. The molecule has 2 aliphatic rings. The van der Waals surface area contributed by atoms with Crippen molar-refractivity contribution in [3.05, 3.63) is 16.2 Å². The van der Waals surface area contributed by atoms with E-state index in [0.717, 1.165) is 28.2 Å². The van der Waals surface area contributed by atoms with Crippen LogP contribution in [-0.4, -0.2) is 35.4 Å². The third-order valence-corrected chi connectivity index (χ3v) is 3.50. The first-order valence-corrected chi connectivity index (χ1v) is 6.26. The molecule has 0 saturated heterocycles. The highest BCUT2D eigenvalue weighted by molar-refractivity contribution is 9.12. The van der Waals surface area contributed by atoms with Gasteiger partial charge in [-0.25, -0.2) is 4.98 Å². The van der Waals surface area contributed by atoms with E-state index in [1.54, 1.807) is 0 Å². The maximum atomic E-state index is 4.52. The molecule has 0 aromatic carbocycles. The number of nitrogens with one attached hydrogen (secondary N) is 1. The first kappa shape index (κ1) is 10.7. The summed E-state index contributed by atoms with van der Waals surface area (Å²) in [7, 11) is 1.82. The van der Waals surface area contributed by atoms with Crippen molar-refractivity contribution in [2.45, 2.75) is 13.0 Å². The number of fused-ring (bicyclic) bond motifs is 3. The van der Waals surface area contributed by atoms with E-state index in [1.807, 2.05) is 19.3 Å². The quantitative estimate of drug-likeness (QED) is 0.859. The molecule has 17 heavy (non-hydrogen) atoms. The molecule has 0 spiro atoms. The summed E-state index contributed by atoms with van der Waals surface area (Å²) in [5, 5.41) is 2.96. The fourth-order valence-corrected chi connectivity index (χ4v) is 2.65. The van der Waals surface area contributed by atoms with E-state index in [1.165, 1.54) is 0 Å². The van der Waals surface area contributed by atoms with Gasteiger partial charge in [0.1, 0.15) is 11.7 Å². The van der Waals surface area contributed by atoms with Crippen molar-refractivity contribution in [1.29, 1.82) is 0 Å². The number of rotatable bonds is 1. The summed E-state index contributed by atoms with van der Waals surface area (Å²) >= 11 is 3.55. The van der Waals surface area contributed by atoms with Crippen LogP contribution < -0.4 is 10.2 Å². The van der Waals surface area contributed by atoms with Crippen LogP contribution in [0.1, 0.15) is 12.5 Å². The van der Waals surface area contributed by atoms with Crippen LogP contribution in [0.5, 0.6) is 0 Å². The van der Waals surface area contributed by atoms with Crippen LogP contribution >= 0.6 is 15.9 Å². The van der Waals surface area contributed by atoms with Gasteiger partial charge in [0.05, 0.1) is 17.1 Å². The molecule has 0 amide bonds. The fourth-order valence-electron chi connectivity index (χ4n) is 2.08. The molecular weight excluding hydrogens is 282 g/mol. The SMILES string of the molecule is CNc1ncc2c(n1)N1C(=NCC1C)C(Br)=C2. The van der Waals surface area contributed by atoms with Crippen molar-refractivity contribution >= 4 is 39.6 Å². The van der Waals surface area contributed by atoms with Crippen LogP contribution in [-0.2, 0) is 0 Å². The Morgan fingerprint density at radius 1 is 1.53 bits per heavy atom. The van der Waals surface area contributed by atoms with E-state index < -0.39 is 0 Å². The summed E-state index contributed by atoms with van der Waals surface area (Å²) in [6.45, 7) is 2.95. The summed E-state index contributed by atoms with van der Waals surface area (Å²) < 4.78 is 0.996. The lowest BCUT2D eigenvalue weighted by atomic mass is 10.1. The number of anilines is 2. The predicted molar refractivity (Wildman–Crippen MR) is 72.7 cm³/mol. The molecule has 1 atom stereocenters. The van der Waals surface area contributed by atoms with Gasteiger partial charge in [0.15, 0.2) is 0 Å². The molecule has 0 radical (unpaired) electrons. The Kier molecular flexibility index (Phi) is 2.39. The smallest absolute Gasteiger partial charge is 0.224 e. The molecule has 0 fully saturated rings. The van der Waals surface area contributed by atoms with Gasteiger partial charge in [-0.2, -0.15) is 4.98 Å². The maximum absolute atomic E-state index is 4.52. The van der Waals surface area contributed by atoms with Gasteiger partial charge < -0.3 is 10.2 Å². The second-order valence-corrected chi connectivity index (χ2v) is 4.95. The van der Waals surface area contributed by atoms with Crippen LogP contribution in [0.2, 0.25) is 0 Å². The molecule has 88 valence electrons. The molecule has 1 aromatic rings. The molecule has 1 aromatic heterocycles. The average molecular weight is 294 g/mol. The number of nitrogens with zero attached hydrogens (tertiary/aromatic N) is 4. The summed E-state index contributed by atoms with van der Waals surface area (Å²) in [4.78, 5) is 15.4. The third kappa shape index (κ3) is 1.55. The fraction of sp³-hybridized carbons (Fsp3) is 0.364. The van der Waals surface area contributed by atoms with E-state index in [9.17, 15) is 0 Å². The second-order valence-electron chi connectivity index (χ2n) is 4.10. The van der Waals surface area contributed by atoms with E-state index in [2.05, 4.69) is 48.0 Å². The van der Waals surface area contributed by atoms with Crippen molar-refractivity contribution in [1.82, 2.24) is 9.97 Å². The molecule has 6 heteroatoms. The predicted octanol–water partition coefficient (Wildman–Crippen LogP) is 1.87. The van der Waals surface area contributed by atoms with Crippen molar-refractivity contribution in [2.24, 2.45) is 4.99 Å². The van der Waals surface area contributed by atoms with Crippen LogP contribution in [0.25, 0.3) is 6.08 Å². The van der Waals surface area contributed by atoms with E-state index in [-0.39, 0.29) is 0 Å². The Bertz CT molecular complexity index is 537. The average Bonchev–Trinajstić information content (AvgIpc) is 2.72. The highest BCUT2D eigenvalue weighted by Crippen LogP contribution is 2.34. The Morgan fingerprint density at radius 2 is 2.35 bits per heavy atom. The van der Waals surface area contributed by atoms with Crippen LogP contribution in [0.15, 0.2) is 15.7 Å². The molecule has 2 aliphatic heterocycles. The van der Waals surface area contributed by atoms with Crippen molar-refractivity contribution in [3.8, 4) is 0 Å². The minimum Gasteiger partial charge on any atom is -0.357 e. The normalized spacial score (nSPS) is 21.6. The standard InChI is InChI=1S/C11H12BrN5/c1-6-4-14-10-8(12)3-7-5-15-11(13-2)16-9(7)17(6)10/h3,5-6H,4H2,1-2H3,(H,13,15,16). The molecule has 1 N–H and O–H groups in total. The van der Waals surface area contributed by atoms with E-state index in [4.69, 9.17) is 0 Å². The van der Waals surface area contributed by atoms with E-state index in [0.29, 0.717) is 12.0 Å². The molecule has 3 heterocycles. The number of halogens is 1. The molecule has 5 nitrogen and oxygen atoms in total. The van der Waals surface area contributed by atoms with Crippen LogP contribution in [0.3, 0.4) is 0 Å². The van der Waals surface area contributed by atoms with Gasteiger partial charge in [-0.1, -0.05) is 0 Å². The van der Waals surface area contributed by atoms with Gasteiger partial charge in [-0.3, -0.25) is 4.99 Å². The van der Waals surface area contributed by atoms with Crippen molar-refractivity contribution in [2.75, 3.05) is 23.8 Å². The topological polar surface area (TPSA) is 53.4 Å². The maximum Gasteiger partial charge on any atom is 0.224 e. The van der Waals surface area contributed by atoms with Crippen LogP contribution in [0.4, 0.5) is 11.8 Å². The molecule has 0 aliphatic carbocycles. The zero-order valence-corrected chi connectivity index (χ0v) is 11.2. The van der Waals surface area contributed by atoms with Crippen molar-refractivity contribution in [3.63, 3.8) is 0 Å². The molecule has 1 unspecified atom stereocenters. The Hall–Kier alpha value is -1.43. The van der Waals surface area contributed by atoms with Gasteiger partial charge in [-0.05, 0) is 28.9 Å². The number of hydrogen-bond donors (Lipinski definition) is 1. The number of hydrogen-bond acceptors (Lipinski definition) is 5. The minimum absolute atomic E-state index is 0.338. The second kappa shape index (κ2) is 3.80. The monoisotopic (exact) mass is 293 g/mol. The van der Waals surface area contributed by atoms with Gasteiger partial charge in [-0.15, -0.1) is 0 Å². The highest BCUT2D eigenvalue weighted by Gasteiger charge is 2.33. The lowest BCUT2D eigenvalue weighted by Crippen LogP contribution is -2.37. The lowest BCUT2D eigenvalue weighted by molar-refractivity contribution is 0.774. The third-order valence-electron chi connectivity index (χ3n) is 2.92. The number of aliphatic imine (C=N–C) groups is 1. The molecule has 3 rings (SSSR count). The van der Waals surface area contributed by atoms with Gasteiger partial charge in [0.2, 0.25) is 5.95 Å². The van der Waals surface area contributed by atoms with Gasteiger partial charge >= 0.3 is 0 Å². The first-order valence-electron chi connectivity index (χ1n) is 5.46. The molecule has 0 saturated carbocycles. The van der Waals surface area contributed by atoms with E-state index >= 15 is 0 Å². The Balaban J connectivity index is 2.18. The molecular formula is C11H12BrN5. The van der Waals surface area contributed by atoms with Gasteiger partial charge in [0, 0.05) is 18.8 Å². The summed E-state index contributed by atoms with van der Waals surface area (Å²) in [5.74, 6) is 2.52. The summed E-state index contributed by atoms with van der Waals surface area (Å²) in [5.41, 5.74) is 1.02. The highest BCUT2D eigenvalue weighted by atomic mass is 79.9. The van der Waals surface area contributed by atoms with Crippen molar-refractivity contribution < 1.29 is 0 Å².